The van der Waals surface area contributed by atoms with E-state index in [2.05, 4.69) is 22.2 Å². The van der Waals surface area contributed by atoms with E-state index >= 15 is 0 Å². The van der Waals surface area contributed by atoms with E-state index in [-0.39, 0.29) is 5.92 Å². The van der Waals surface area contributed by atoms with E-state index in [9.17, 15) is 0 Å². The molecule has 1 aliphatic rings. The summed E-state index contributed by atoms with van der Waals surface area (Å²) in [6, 6.07) is 0. The molecule has 1 aliphatic heterocycles. The molecule has 0 unspecified atom stereocenters. The van der Waals surface area contributed by atoms with Crippen LogP contribution in [0.3, 0.4) is 0 Å². The van der Waals surface area contributed by atoms with Gasteiger partial charge in [0.1, 0.15) is 5.84 Å². The van der Waals surface area contributed by atoms with Crippen LogP contribution in [0, 0.1) is 11.3 Å². The lowest BCUT2D eigenvalue weighted by atomic mass is 9.97. The average Bonchev–Trinajstić information content (AvgIpc) is 2.18. The molecule has 0 aromatic carbocycles. The van der Waals surface area contributed by atoms with Gasteiger partial charge in [0.2, 0.25) is 0 Å². The summed E-state index contributed by atoms with van der Waals surface area (Å²) >= 11 is 0. The van der Waals surface area contributed by atoms with Crippen LogP contribution in [-0.4, -0.2) is 30.4 Å². The Balaban J connectivity index is 2.46. The summed E-state index contributed by atoms with van der Waals surface area (Å²) in [4.78, 5) is 2.33. The fraction of sp³-hybridized carbons (Fsp3) is 0.875. The first-order valence-corrected chi connectivity index (χ1v) is 4.69. The number of hydrogen-bond acceptors (Lipinski definition) is 3. The molecule has 1 saturated heterocycles. The molecule has 3 N–H and O–H groups in total. The van der Waals surface area contributed by atoms with E-state index in [0.29, 0.717) is 5.84 Å². The van der Waals surface area contributed by atoms with Crippen LogP contribution < -0.4 is 5.84 Å². The van der Waals surface area contributed by atoms with Crippen LogP contribution >= 0.6 is 0 Å². The molecule has 0 aliphatic carbocycles. The summed E-state index contributed by atoms with van der Waals surface area (Å²) in [5, 5.41) is 14.3. The highest BCUT2D eigenvalue weighted by Gasteiger charge is 2.22. The minimum atomic E-state index is 0.223. The maximum Gasteiger partial charge on any atom is 0.149 e. The van der Waals surface area contributed by atoms with Crippen LogP contribution in [0.25, 0.3) is 0 Å². The van der Waals surface area contributed by atoms with Gasteiger partial charge in [-0.2, -0.15) is 0 Å². The van der Waals surface area contributed by atoms with Crippen molar-refractivity contribution < 1.29 is 0 Å². The van der Waals surface area contributed by atoms with Crippen LogP contribution in [0.15, 0.2) is 10.3 Å². The van der Waals surface area contributed by atoms with Crippen molar-refractivity contribution in [3.8, 4) is 0 Å². The highest BCUT2D eigenvalue weighted by atomic mass is 15.3. The molecule has 0 amide bonds. The van der Waals surface area contributed by atoms with Gasteiger partial charge in [0.15, 0.2) is 0 Å². The molecule has 1 fully saturated rings. The monoisotopic (exact) mass is 183 g/mol. The largest absolute Gasteiger partial charge is 0.305 e. The van der Waals surface area contributed by atoms with Crippen molar-refractivity contribution in [1.82, 2.24) is 4.90 Å². The van der Waals surface area contributed by atoms with Gasteiger partial charge in [0.25, 0.3) is 0 Å². The number of likely N-dealkylation sites (tertiary alicyclic amines) is 1. The van der Waals surface area contributed by atoms with Crippen molar-refractivity contribution in [3.05, 3.63) is 0 Å². The molecule has 0 spiro atoms. The van der Waals surface area contributed by atoms with Gasteiger partial charge in [-0.15, -0.1) is 5.11 Å². The Morgan fingerprint density at radius 2 is 2.46 bits per heavy atom. The molecule has 74 valence electrons. The summed E-state index contributed by atoms with van der Waals surface area (Å²) in [6.07, 6.45) is 2.18. The maximum absolute atomic E-state index is 7.58. The molecule has 0 radical (unpaired) electrons. The summed E-state index contributed by atoms with van der Waals surface area (Å²) in [5.41, 5.74) is 0. The molecule has 13 heavy (non-hydrogen) atoms. The SMILES string of the molecule is CCN1CCC[C@H](C(=N)/N=N\N)C1. The normalized spacial score (nSPS) is 25.2. The summed E-state index contributed by atoms with van der Waals surface area (Å²) in [7, 11) is 0. The second-order valence-corrected chi connectivity index (χ2v) is 3.33. The topological polar surface area (TPSA) is 77.8 Å². The number of hydrogen-bond donors (Lipinski definition) is 2. The lowest BCUT2D eigenvalue weighted by molar-refractivity contribution is 0.213. The molecule has 5 heteroatoms. The van der Waals surface area contributed by atoms with Gasteiger partial charge in [-0.05, 0) is 25.9 Å². The second-order valence-electron chi connectivity index (χ2n) is 3.33. The minimum Gasteiger partial charge on any atom is -0.305 e. The Bertz CT molecular complexity index is 201. The zero-order valence-electron chi connectivity index (χ0n) is 8.03. The van der Waals surface area contributed by atoms with E-state index in [0.717, 1.165) is 32.5 Å². The van der Waals surface area contributed by atoms with Crippen molar-refractivity contribution in [1.29, 1.82) is 5.41 Å². The second kappa shape index (κ2) is 4.91. The Hall–Kier alpha value is -0.970. The standard InChI is InChI=1S/C8H17N5/c1-2-13-5-3-4-7(6-13)8(9)11-12-10/h7H,2-6H2,1H3,(H3,9,10,11)/t7-/m0/s1. The predicted molar refractivity (Wildman–Crippen MR) is 51.6 cm³/mol. The smallest absolute Gasteiger partial charge is 0.149 e. The van der Waals surface area contributed by atoms with Crippen molar-refractivity contribution in [2.75, 3.05) is 19.6 Å². The van der Waals surface area contributed by atoms with Crippen molar-refractivity contribution in [2.45, 2.75) is 19.8 Å². The number of nitrogens with one attached hydrogen (secondary N) is 1. The fourth-order valence-electron chi connectivity index (χ4n) is 1.71. The zero-order valence-corrected chi connectivity index (χ0v) is 8.03. The third kappa shape index (κ3) is 2.77. The Morgan fingerprint density at radius 1 is 1.69 bits per heavy atom. The lowest BCUT2D eigenvalue weighted by Gasteiger charge is -2.30. The highest BCUT2D eigenvalue weighted by molar-refractivity contribution is 5.82. The summed E-state index contributed by atoms with van der Waals surface area (Å²) < 4.78 is 0. The molecule has 1 rings (SSSR count). The third-order valence-electron chi connectivity index (χ3n) is 2.50. The first-order chi connectivity index (χ1) is 6.27. The van der Waals surface area contributed by atoms with Crippen LogP contribution in [-0.2, 0) is 0 Å². The molecule has 0 saturated carbocycles. The maximum atomic E-state index is 7.58. The average molecular weight is 183 g/mol. The number of amidine groups is 1. The van der Waals surface area contributed by atoms with E-state index in [1.165, 1.54) is 0 Å². The third-order valence-corrected chi connectivity index (χ3v) is 2.50. The van der Waals surface area contributed by atoms with Gasteiger partial charge in [0, 0.05) is 12.5 Å². The summed E-state index contributed by atoms with van der Waals surface area (Å²) in [6.45, 7) is 5.24. The molecule has 1 atom stereocenters. The Morgan fingerprint density at radius 3 is 3.08 bits per heavy atom. The first-order valence-electron chi connectivity index (χ1n) is 4.69. The highest BCUT2D eigenvalue weighted by Crippen LogP contribution is 2.17. The Kier molecular flexibility index (Phi) is 3.82. The van der Waals surface area contributed by atoms with Gasteiger partial charge in [0.05, 0.1) is 0 Å². The van der Waals surface area contributed by atoms with Crippen LogP contribution in [0.5, 0.6) is 0 Å². The van der Waals surface area contributed by atoms with E-state index in [1.807, 2.05) is 0 Å². The van der Waals surface area contributed by atoms with Gasteiger partial charge in [-0.25, -0.2) is 0 Å². The zero-order chi connectivity index (χ0) is 9.68. The minimum absolute atomic E-state index is 0.223. The molecular formula is C8H17N5. The van der Waals surface area contributed by atoms with Crippen molar-refractivity contribution >= 4 is 5.84 Å². The number of piperidine rings is 1. The number of nitrogens with two attached hydrogens (primary N) is 1. The number of rotatable bonds is 2. The lowest BCUT2D eigenvalue weighted by Crippen LogP contribution is -2.37. The quantitative estimate of drug-likeness (QED) is 0.220. The van der Waals surface area contributed by atoms with Gasteiger partial charge in [-0.1, -0.05) is 12.1 Å². The van der Waals surface area contributed by atoms with Crippen molar-refractivity contribution in [2.24, 2.45) is 22.1 Å². The van der Waals surface area contributed by atoms with Crippen LogP contribution in [0.2, 0.25) is 0 Å². The molecule has 0 aromatic heterocycles. The van der Waals surface area contributed by atoms with Gasteiger partial charge < -0.3 is 10.7 Å². The fourth-order valence-corrected chi connectivity index (χ4v) is 1.71. The molecule has 5 nitrogen and oxygen atoms in total. The predicted octanol–water partition coefficient (Wildman–Crippen LogP) is 1.02. The van der Waals surface area contributed by atoms with Gasteiger partial charge >= 0.3 is 0 Å². The molecular weight excluding hydrogens is 166 g/mol. The molecule has 0 bridgehead atoms. The van der Waals surface area contributed by atoms with E-state index in [1.54, 1.807) is 0 Å². The van der Waals surface area contributed by atoms with E-state index < -0.39 is 0 Å². The Labute approximate surface area is 78.5 Å². The van der Waals surface area contributed by atoms with Gasteiger partial charge in [-0.3, -0.25) is 5.41 Å². The van der Waals surface area contributed by atoms with Crippen molar-refractivity contribution in [3.63, 3.8) is 0 Å². The van der Waals surface area contributed by atoms with Crippen LogP contribution in [0.4, 0.5) is 0 Å². The summed E-state index contributed by atoms with van der Waals surface area (Å²) in [5.74, 6) is 5.45. The number of nitrogens with zero attached hydrogens (tertiary/aromatic N) is 3. The molecule has 0 aromatic rings. The molecule has 1 heterocycles. The first kappa shape index (κ1) is 10.1. The van der Waals surface area contributed by atoms with E-state index in [4.69, 9.17) is 11.3 Å². The van der Waals surface area contributed by atoms with Crippen LogP contribution in [0.1, 0.15) is 19.8 Å².